The van der Waals surface area contributed by atoms with Gasteiger partial charge in [0.25, 0.3) is 5.91 Å². The highest BCUT2D eigenvalue weighted by atomic mass is 16.5. The van der Waals surface area contributed by atoms with Gasteiger partial charge in [0, 0.05) is 44.6 Å². The Kier molecular flexibility index (Phi) is 4.34. The van der Waals surface area contributed by atoms with Crippen LogP contribution in [-0.2, 0) is 4.74 Å². The van der Waals surface area contributed by atoms with Crippen molar-refractivity contribution in [2.75, 3.05) is 33.3 Å². The van der Waals surface area contributed by atoms with Crippen molar-refractivity contribution in [3.8, 4) is 0 Å². The van der Waals surface area contributed by atoms with Crippen LogP contribution in [0.15, 0.2) is 17.1 Å². The summed E-state index contributed by atoms with van der Waals surface area (Å²) in [4.78, 5) is 28.4. The number of aromatic nitrogens is 1. The van der Waals surface area contributed by atoms with Crippen LogP contribution in [0.2, 0.25) is 0 Å². The van der Waals surface area contributed by atoms with Crippen LogP contribution in [0.5, 0.6) is 0 Å². The number of aromatic amines is 1. The van der Waals surface area contributed by atoms with E-state index in [0.717, 1.165) is 18.8 Å². The first kappa shape index (κ1) is 13.8. The Hall–Kier alpha value is -1.66. The predicted octanol–water partition coefficient (Wildman–Crippen LogP) is -0.256. The van der Waals surface area contributed by atoms with Crippen molar-refractivity contribution >= 4 is 5.91 Å². The summed E-state index contributed by atoms with van der Waals surface area (Å²) in [5.74, 6) is -0.282. The van der Waals surface area contributed by atoms with E-state index in [1.165, 1.54) is 17.2 Å². The maximum Gasteiger partial charge on any atom is 0.259 e. The smallest absolute Gasteiger partial charge is 0.259 e. The highest BCUT2D eigenvalue weighted by Crippen LogP contribution is 2.03. The monoisotopic (exact) mass is 265 g/mol. The van der Waals surface area contributed by atoms with Gasteiger partial charge in [-0.1, -0.05) is 0 Å². The number of nitrogens with zero attached hydrogens (tertiary/aromatic N) is 1. The van der Waals surface area contributed by atoms with Crippen molar-refractivity contribution in [2.24, 2.45) is 0 Å². The number of carbonyl (C=O) groups excluding carboxylic acids is 1. The summed E-state index contributed by atoms with van der Waals surface area (Å²) in [5, 5.41) is 3.21. The first-order valence-corrected chi connectivity index (χ1v) is 6.35. The van der Waals surface area contributed by atoms with E-state index in [4.69, 9.17) is 4.74 Å². The van der Waals surface area contributed by atoms with Crippen molar-refractivity contribution in [1.29, 1.82) is 0 Å². The molecule has 0 bridgehead atoms. The normalized spacial score (nSPS) is 19.2. The van der Waals surface area contributed by atoms with Crippen LogP contribution in [0.4, 0.5) is 0 Å². The molecule has 0 aliphatic carbocycles. The maximum atomic E-state index is 12.2. The van der Waals surface area contributed by atoms with Gasteiger partial charge in [-0.2, -0.15) is 0 Å². The number of hydrogen-bond acceptors (Lipinski definition) is 4. The molecule has 1 unspecified atom stereocenters. The van der Waals surface area contributed by atoms with Crippen molar-refractivity contribution in [1.82, 2.24) is 15.2 Å². The largest absolute Gasteiger partial charge is 0.374 e. The van der Waals surface area contributed by atoms with E-state index in [9.17, 15) is 9.59 Å². The van der Waals surface area contributed by atoms with Crippen LogP contribution in [0.1, 0.15) is 16.1 Å². The Bertz CT molecular complexity index is 506. The average Bonchev–Trinajstić information content (AvgIpc) is 2.39. The number of likely N-dealkylation sites (N-methyl/N-ethyl adjacent to an activating group) is 1. The number of hydrogen-bond donors (Lipinski definition) is 2. The van der Waals surface area contributed by atoms with Crippen molar-refractivity contribution < 1.29 is 9.53 Å². The molecule has 1 aromatic heterocycles. The minimum Gasteiger partial charge on any atom is -0.374 e. The molecule has 1 aliphatic heterocycles. The Labute approximate surface area is 111 Å². The van der Waals surface area contributed by atoms with E-state index in [1.807, 2.05) is 0 Å². The van der Waals surface area contributed by atoms with Gasteiger partial charge in [-0.25, -0.2) is 0 Å². The number of nitrogens with one attached hydrogen (secondary N) is 2. The molecule has 0 saturated carbocycles. The third-order valence-electron chi connectivity index (χ3n) is 3.12. The third kappa shape index (κ3) is 3.42. The highest BCUT2D eigenvalue weighted by molar-refractivity contribution is 5.93. The van der Waals surface area contributed by atoms with Gasteiger partial charge in [0.15, 0.2) is 5.43 Å². The molecule has 6 nitrogen and oxygen atoms in total. The van der Waals surface area contributed by atoms with Gasteiger partial charge in [-0.3, -0.25) is 9.59 Å². The second kappa shape index (κ2) is 5.99. The summed E-state index contributed by atoms with van der Waals surface area (Å²) in [7, 11) is 1.68. The van der Waals surface area contributed by atoms with Crippen LogP contribution in [-0.4, -0.2) is 55.2 Å². The molecule has 6 heteroatoms. The molecule has 2 heterocycles. The van der Waals surface area contributed by atoms with Crippen LogP contribution >= 0.6 is 0 Å². The maximum absolute atomic E-state index is 12.2. The molecule has 1 saturated heterocycles. The molecule has 0 spiro atoms. The van der Waals surface area contributed by atoms with E-state index in [-0.39, 0.29) is 23.0 Å². The van der Waals surface area contributed by atoms with Crippen LogP contribution in [0.25, 0.3) is 0 Å². The van der Waals surface area contributed by atoms with Gasteiger partial charge in [-0.05, 0) is 6.92 Å². The number of carbonyl (C=O) groups is 1. The molecule has 2 N–H and O–H groups in total. The second-order valence-electron chi connectivity index (χ2n) is 4.78. The number of amides is 1. The molecule has 2 rings (SSSR count). The molecule has 1 atom stereocenters. The number of morpholine rings is 1. The fraction of sp³-hybridized carbons (Fsp3) is 0.538. The highest BCUT2D eigenvalue weighted by Gasteiger charge is 2.21. The first-order chi connectivity index (χ1) is 9.08. The lowest BCUT2D eigenvalue weighted by molar-refractivity contribution is 0.0103. The fourth-order valence-electron chi connectivity index (χ4n) is 2.07. The second-order valence-corrected chi connectivity index (χ2v) is 4.78. The molecule has 19 heavy (non-hydrogen) atoms. The minimum atomic E-state index is -0.282. The van der Waals surface area contributed by atoms with E-state index in [0.29, 0.717) is 13.2 Å². The quantitative estimate of drug-likeness (QED) is 0.790. The van der Waals surface area contributed by atoms with Crippen LogP contribution in [0, 0.1) is 6.92 Å². The third-order valence-corrected chi connectivity index (χ3v) is 3.12. The number of pyridine rings is 1. The molecule has 0 aromatic carbocycles. The predicted molar refractivity (Wildman–Crippen MR) is 71.4 cm³/mol. The van der Waals surface area contributed by atoms with Gasteiger partial charge in [0.2, 0.25) is 0 Å². The van der Waals surface area contributed by atoms with E-state index in [2.05, 4.69) is 10.3 Å². The summed E-state index contributed by atoms with van der Waals surface area (Å²) in [6.45, 7) is 4.46. The minimum absolute atomic E-state index is 0.0211. The molecular weight excluding hydrogens is 246 g/mol. The van der Waals surface area contributed by atoms with Crippen molar-refractivity contribution in [3.05, 3.63) is 33.7 Å². The molecule has 1 aromatic rings. The Morgan fingerprint density at radius 3 is 3.00 bits per heavy atom. The number of H-pyrrole nitrogens is 1. The molecule has 1 aliphatic rings. The van der Waals surface area contributed by atoms with Gasteiger partial charge >= 0.3 is 0 Å². The summed E-state index contributed by atoms with van der Waals surface area (Å²) >= 11 is 0. The van der Waals surface area contributed by atoms with Crippen LogP contribution in [0.3, 0.4) is 0 Å². The Morgan fingerprint density at radius 2 is 2.37 bits per heavy atom. The Morgan fingerprint density at radius 1 is 1.58 bits per heavy atom. The molecular formula is C13H19N3O3. The fourth-order valence-corrected chi connectivity index (χ4v) is 2.07. The zero-order chi connectivity index (χ0) is 13.8. The number of rotatable bonds is 3. The first-order valence-electron chi connectivity index (χ1n) is 6.35. The lowest BCUT2D eigenvalue weighted by Gasteiger charge is -2.27. The summed E-state index contributed by atoms with van der Waals surface area (Å²) in [6.07, 6.45) is 1.45. The number of aryl methyl sites for hydroxylation is 1. The summed E-state index contributed by atoms with van der Waals surface area (Å²) < 4.78 is 5.54. The van der Waals surface area contributed by atoms with E-state index >= 15 is 0 Å². The van der Waals surface area contributed by atoms with Gasteiger partial charge in [0.1, 0.15) is 5.56 Å². The summed E-state index contributed by atoms with van der Waals surface area (Å²) in [6, 6.07) is 1.43. The lowest BCUT2D eigenvalue weighted by atomic mass is 10.2. The summed E-state index contributed by atoms with van der Waals surface area (Å²) in [5.41, 5.74) is 0.650. The average molecular weight is 265 g/mol. The molecule has 0 radical (unpaired) electrons. The lowest BCUT2D eigenvalue weighted by Crippen LogP contribution is -2.46. The topological polar surface area (TPSA) is 74.4 Å². The van der Waals surface area contributed by atoms with Crippen molar-refractivity contribution in [3.63, 3.8) is 0 Å². The number of ether oxygens (including phenoxy) is 1. The Balaban J connectivity index is 2.03. The zero-order valence-electron chi connectivity index (χ0n) is 11.2. The van der Waals surface area contributed by atoms with Gasteiger partial charge in [-0.15, -0.1) is 0 Å². The zero-order valence-corrected chi connectivity index (χ0v) is 11.2. The van der Waals surface area contributed by atoms with Crippen LogP contribution < -0.4 is 10.7 Å². The standard InChI is InChI=1S/C13H19N3O3/c1-9-5-12(17)11(7-15-9)13(18)16(2)8-10-6-14-3-4-19-10/h5,7,10,14H,3-4,6,8H2,1-2H3,(H,15,17). The van der Waals surface area contributed by atoms with Crippen molar-refractivity contribution in [2.45, 2.75) is 13.0 Å². The van der Waals surface area contributed by atoms with Gasteiger partial charge < -0.3 is 19.9 Å². The van der Waals surface area contributed by atoms with Gasteiger partial charge in [0.05, 0.1) is 12.7 Å². The molecule has 1 amide bonds. The van der Waals surface area contributed by atoms with E-state index < -0.39 is 0 Å². The molecule has 1 fully saturated rings. The van der Waals surface area contributed by atoms with E-state index in [1.54, 1.807) is 14.0 Å². The molecule has 104 valence electrons. The SMILES string of the molecule is Cc1cc(=O)c(C(=O)N(C)CC2CNCCO2)c[nH]1.